The average Bonchev–Trinajstić information content (AvgIpc) is 3.09. The summed E-state index contributed by atoms with van der Waals surface area (Å²) in [5, 5.41) is 6.76. The lowest BCUT2D eigenvalue weighted by Gasteiger charge is -2.20. The molecule has 7 nitrogen and oxygen atoms in total. The molecule has 1 aliphatic rings. The van der Waals surface area contributed by atoms with E-state index in [1.165, 1.54) is 31.4 Å². The predicted octanol–water partition coefficient (Wildman–Crippen LogP) is 3.34. The standard InChI is InChI=1S/C20H26FN3O4S/c21-15-8-10-17(11-9-15)29(26,27)14-18-23-20(28-24-18)13-12-19(25)22-16-6-4-2-1-3-5-7-16/h8-11,16H,1-7,12-14H2,(H,22,25). The maximum absolute atomic E-state index is 13.0. The molecule has 1 fully saturated rings. The lowest BCUT2D eigenvalue weighted by Crippen LogP contribution is -2.35. The molecule has 1 aromatic heterocycles. The zero-order chi connectivity index (χ0) is 20.7. The van der Waals surface area contributed by atoms with Gasteiger partial charge in [0.1, 0.15) is 11.6 Å². The molecule has 3 rings (SSSR count). The molecule has 1 amide bonds. The third-order valence-electron chi connectivity index (χ3n) is 5.04. The first kappa shape index (κ1) is 21.4. The van der Waals surface area contributed by atoms with E-state index in [2.05, 4.69) is 15.5 Å². The third kappa shape index (κ3) is 6.62. The van der Waals surface area contributed by atoms with Gasteiger partial charge in [-0.3, -0.25) is 4.79 Å². The van der Waals surface area contributed by atoms with Crippen molar-refractivity contribution in [3.05, 3.63) is 41.8 Å². The van der Waals surface area contributed by atoms with Crippen molar-refractivity contribution in [2.45, 2.75) is 74.5 Å². The molecule has 0 aliphatic heterocycles. The van der Waals surface area contributed by atoms with Crippen molar-refractivity contribution in [2.75, 3.05) is 0 Å². The molecule has 0 spiro atoms. The third-order valence-corrected chi connectivity index (χ3v) is 6.67. The van der Waals surface area contributed by atoms with Gasteiger partial charge in [0.05, 0.1) is 4.90 Å². The summed E-state index contributed by atoms with van der Waals surface area (Å²) >= 11 is 0. The highest BCUT2D eigenvalue weighted by Crippen LogP contribution is 2.18. The first-order valence-corrected chi connectivity index (χ1v) is 11.7. The van der Waals surface area contributed by atoms with Crippen LogP contribution in [0.15, 0.2) is 33.7 Å². The van der Waals surface area contributed by atoms with Gasteiger partial charge >= 0.3 is 0 Å². The molecule has 1 aromatic carbocycles. The highest BCUT2D eigenvalue weighted by atomic mass is 32.2. The monoisotopic (exact) mass is 423 g/mol. The number of hydrogen-bond acceptors (Lipinski definition) is 6. The van der Waals surface area contributed by atoms with E-state index in [-0.39, 0.29) is 41.4 Å². The van der Waals surface area contributed by atoms with Crippen molar-refractivity contribution in [1.29, 1.82) is 0 Å². The SMILES string of the molecule is O=C(CCc1nc(CS(=O)(=O)c2ccc(F)cc2)no1)NC1CCCCCCC1. The van der Waals surface area contributed by atoms with E-state index in [1.54, 1.807) is 0 Å². The van der Waals surface area contributed by atoms with Gasteiger partial charge < -0.3 is 9.84 Å². The summed E-state index contributed by atoms with van der Waals surface area (Å²) in [5.41, 5.74) is 0. The number of amides is 1. The molecular weight excluding hydrogens is 397 g/mol. The van der Waals surface area contributed by atoms with Crippen molar-refractivity contribution < 1.29 is 22.1 Å². The molecular formula is C20H26FN3O4S. The topological polar surface area (TPSA) is 102 Å². The first-order valence-electron chi connectivity index (χ1n) is 10.0. The van der Waals surface area contributed by atoms with Gasteiger partial charge in [0.2, 0.25) is 11.8 Å². The molecule has 1 heterocycles. The van der Waals surface area contributed by atoms with Crippen molar-refractivity contribution in [1.82, 2.24) is 15.5 Å². The Kier molecular flexibility index (Phi) is 7.35. The zero-order valence-electron chi connectivity index (χ0n) is 16.3. The van der Waals surface area contributed by atoms with E-state index in [1.807, 2.05) is 0 Å². The second-order valence-electron chi connectivity index (χ2n) is 7.43. The molecule has 0 atom stereocenters. The normalized spacial score (nSPS) is 16.2. The number of nitrogens with zero attached hydrogens (tertiary/aromatic N) is 2. The Morgan fingerprint density at radius 1 is 1.10 bits per heavy atom. The molecule has 0 saturated heterocycles. The fourth-order valence-electron chi connectivity index (χ4n) is 3.47. The number of aryl methyl sites for hydroxylation is 1. The van der Waals surface area contributed by atoms with Crippen molar-refractivity contribution in [3.63, 3.8) is 0 Å². The Labute approximate surface area is 170 Å². The second-order valence-corrected chi connectivity index (χ2v) is 9.42. The van der Waals surface area contributed by atoms with Crippen LogP contribution < -0.4 is 5.32 Å². The number of hydrogen-bond donors (Lipinski definition) is 1. The fraction of sp³-hybridized carbons (Fsp3) is 0.550. The predicted molar refractivity (Wildman–Crippen MR) is 104 cm³/mol. The summed E-state index contributed by atoms with van der Waals surface area (Å²) < 4.78 is 42.8. The smallest absolute Gasteiger partial charge is 0.227 e. The van der Waals surface area contributed by atoms with E-state index >= 15 is 0 Å². The lowest BCUT2D eigenvalue weighted by molar-refractivity contribution is -0.122. The van der Waals surface area contributed by atoms with Crippen LogP contribution in [0.1, 0.15) is 63.1 Å². The number of aromatic nitrogens is 2. The molecule has 0 bridgehead atoms. The van der Waals surface area contributed by atoms with Crippen LogP contribution in [-0.4, -0.2) is 30.5 Å². The summed E-state index contributed by atoms with van der Waals surface area (Å²) in [6.45, 7) is 0. The number of halogens is 1. The Balaban J connectivity index is 1.49. The largest absolute Gasteiger partial charge is 0.353 e. The van der Waals surface area contributed by atoms with E-state index < -0.39 is 21.4 Å². The van der Waals surface area contributed by atoms with E-state index in [9.17, 15) is 17.6 Å². The minimum Gasteiger partial charge on any atom is -0.353 e. The van der Waals surface area contributed by atoms with Crippen molar-refractivity contribution in [3.8, 4) is 0 Å². The van der Waals surface area contributed by atoms with E-state index in [0.717, 1.165) is 37.8 Å². The van der Waals surface area contributed by atoms with Crippen LogP contribution in [-0.2, 0) is 26.8 Å². The molecule has 0 radical (unpaired) electrons. The Morgan fingerprint density at radius 3 is 2.45 bits per heavy atom. The molecule has 29 heavy (non-hydrogen) atoms. The minimum atomic E-state index is -3.70. The number of carbonyl (C=O) groups excluding carboxylic acids is 1. The van der Waals surface area contributed by atoms with Crippen LogP contribution in [0.5, 0.6) is 0 Å². The Morgan fingerprint density at radius 2 is 1.76 bits per heavy atom. The molecule has 0 unspecified atom stereocenters. The molecule has 1 aliphatic carbocycles. The number of benzene rings is 1. The second kappa shape index (κ2) is 9.96. The number of rotatable bonds is 7. The number of carbonyl (C=O) groups is 1. The van der Waals surface area contributed by atoms with Gasteiger partial charge in [-0.2, -0.15) is 4.98 Å². The van der Waals surface area contributed by atoms with Gasteiger partial charge in [-0.25, -0.2) is 12.8 Å². The summed E-state index contributed by atoms with van der Waals surface area (Å²) in [4.78, 5) is 16.3. The summed E-state index contributed by atoms with van der Waals surface area (Å²) in [7, 11) is -3.70. The van der Waals surface area contributed by atoms with Crippen molar-refractivity contribution >= 4 is 15.7 Å². The number of sulfone groups is 1. The minimum absolute atomic E-state index is 0.0103. The van der Waals surface area contributed by atoms with Crippen LogP contribution in [0.2, 0.25) is 0 Å². The Hall–Kier alpha value is -2.29. The molecule has 9 heteroatoms. The molecule has 1 N–H and O–H groups in total. The quantitative estimate of drug-likeness (QED) is 0.685. The summed E-state index contributed by atoms with van der Waals surface area (Å²) in [6.07, 6.45) is 8.48. The number of nitrogens with one attached hydrogen (secondary N) is 1. The van der Waals surface area contributed by atoms with Crippen LogP contribution in [0, 0.1) is 5.82 Å². The fourth-order valence-corrected chi connectivity index (χ4v) is 4.64. The van der Waals surface area contributed by atoms with Gasteiger partial charge in [-0.1, -0.05) is 37.3 Å². The van der Waals surface area contributed by atoms with Gasteiger partial charge in [0.15, 0.2) is 15.7 Å². The van der Waals surface area contributed by atoms with Gasteiger partial charge in [0.25, 0.3) is 0 Å². The zero-order valence-corrected chi connectivity index (χ0v) is 17.1. The average molecular weight is 424 g/mol. The molecule has 1 saturated carbocycles. The highest BCUT2D eigenvalue weighted by molar-refractivity contribution is 7.90. The molecule has 158 valence electrons. The highest BCUT2D eigenvalue weighted by Gasteiger charge is 2.20. The van der Waals surface area contributed by atoms with Crippen LogP contribution in [0.3, 0.4) is 0 Å². The first-order chi connectivity index (χ1) is 13.9. The van der Waals surface area contributed by atoms with Crippen LogP contribution >= 0.6 is 0 Å². The lowest BCUT2D eigenvalue weighted by atomic mass is 9.96. The summed E-state index contributed by atoms with van der Waals surface area (Å²) in [6, 6.07) is 4.80. The van der Waals surface area contributed by atoms with Crippen LogP contribution in [0.4, 0.5) is 4.39 Å². The van der Waals surface area contributed by atoms with Gasteiger partial charge in [-0.15, -0.1) is 0 Å². The van der Waals surface area contributed by atoms with Crippen molar-refractivity contribution in [2.24, 2.45) is 0 Å². The van der Waals surface area contributed by atoms with Gasteiger partial charge in [-0.05, 0) is 37.1 Å². The molecule has 2 aromatic rings. The van der Waals surface area contributed by atoms with Gasteiger partial charge in [0, 0.05) is 18.9 Å². The maximum atomic E-state index is 13.0. The maximum Gasteiger partial charge on any atom is 0.227 e. The van der Waals surface area contributed by atoms with E-state index in [4.69, 9.17) is 4.52 Å². The summed E-state index contributed by atoms with van der Waals surface area (Å²) in [5.74, 6) is -0.777. The van der Waals surface area contributed by atoms with Crippen LogP contribution in [0.25, 0.3) is 0 Å². The van der Waals surface area contributed by atoms with E-state index in [0.29, 0.717) is 0 Å². The Bertz CT molecular complexity index is 904.